The number of allylic oxidation sites excluding steroid dienone is 2. The lowest BCUT2D eigenvalue weighted by Crippen LogP contribution is -2.33. The van der Waals surface area contributed by atoms with Crippen molar-refractivity contribution in [1.29, 1.82) is 0 Å². The molecule has 0 spiro atoms. The van der Waals surface area contributed by atoms with Crippen LogP contribution in [0.5, 0.6) is 0 Å². The summed E-state index contributed by atoms with van der Waals surface area (Å²) < 4.78 is 5.44. The molecule has 2 unspecified atom stereocenters. The molecule has 2 atom stereocenters. The quantitative estimate of drug-likeness (QED) is 0.549. The van der Waals surface area contributed by atoms with Crippen molar-refractivity contribution in [1.82, 2.24) is 4.90 Å². The van der Waals surface area contributed by atoms with Gasteiger partial charge in [-0.15, -0.1) is 0 Å². The van der Waals surface area contributed by atoms with E-state index in [4.69, 9.17) is 4.74 Å². The zero-order valence-corrected chi connectivity index (χ0v) is 12.4. The summed E-state index contributed by atoms with van der Waals surface area (Å²) in [6, 6.07) is 0.592. The normalized spacial score (nSPS) is 30.5. The minimum absolute atomic E-state index is 0.272. The SMILES string of the molecule is COC(/C=C(\C)C1(C)CCN(C)C1C)=C(C)C. The summed E-state index contributed by atoms with van der Waals surface area (Å²) in [6.07, 6.45) is 3.44. The van der Waals surface area contributed by atoms with Gasteiger partial charge < -0.3 is 9.64 Å². The third kappa shape index (κ3) is 2.74. The molecule has 1 rings (SSSR count). The Morgan fingerprint density at radius 3 is 2.29 bits per heavy atom. The van der Waals surface area contributed by atoms with Crippen molar-refractivity contribution in [3.63, 3.8) is 0 Å². The van der Waals surface area contributed by atoms with Crippen LogP contribution in [0, 0.1) is 5.41 Å². The van der Waals surface area contributed by atoms with Crippen molar-refractivity contribution >= 4 is 0 Å². The van der Waals surface area contributed by atoms with E-state index in [1.54, 1.807) is 7.11 Å². The van der Waals surface area contributed by atoms with Crippen LogP contribution in [0.2, 0.25) is 0 Å². The molecule has 1 aliphatic heterocycles. The van der Waals surface area contributed by atoms with E-state index in [9.17, 15) is 0 Å². The molecule has 1 heterocycles. The van der Waals surface area contributed by atoms with Crippen molar-refractivity contribution in [3.8, 4) is 0 Å². The van der Waals surface area contributed by atoms with E-state index >= 15 is 0 Å². The van der Waals surface area contributed by atoms with Gasteiger partial charge in [-0.05, 0) is 59.4 Å². The van der Waals surface area contributed by atoms with E-state index in [-0.39, 0.29) is 5.41 Å². The first-order chi connectivity index (χ1) is 7.82. The van der Waals surface area contributed by atoms with E-state index in [1.165, 1.54) is 24.1 Å². The van der Waals surface area contributed by atoms with Gasteiger partial charge in [-0.25, -0.2) is 0 Å². The topological polar surface area (TPSA) is 12.5 Å². The molecule has 1 aliphatic rings. The van der Waals surface area contributed by atoms with Crippen molar-refractivity contribution in [2.75, 3.05) is 20.7 Å². The second kappa shape index (κ2) is 5.26. The minimum Gasteiger partial charge on any atom is -0.497 e. The molecule has 0 amide bonds. The van der Waals surface area contributed by atoms with Crippen LogP contribution in [0.1, 0.15) is 41.0 Å². The van der Waals surface area contributed by atoms with Gasteiger partial charge in [-0.2, -0.15) is 0 Å². The number of rotatable bonds is 3. The molecule has 0 radical (unpaired) electrons. The molecule has 1 saturated heterocycles. The van der Waals surface area contributed by atoms with Crippen molar-refractivity contribution < 1.29 is 4.74 Å². The monoisotopic (exact) mass is 237 g/mol. The van der Waals surface area contributed by atoms with Gasteiger partial charge in [0.2, 0.25) is 0 Å². The predicted octanol–water partition coefficient (Wildman–Crippen LogP) is 3.60. The zero-order chi connectivity index (χ0) is 13.2. The average Bonchev–Trinajstić information content (AvgIpc) is 2.54. The number of hydrogen-bond donors (Lipinski definition) is 0. The van der Waals surface area contributed by atoms with Gasteiger partial charge in [0.15, 0.2) is 0 Å². The van der Waals surface area contributed by atoms with E-state index in [2.05, 4.69) is 52.6 Å². The fraction of sp³-hybridized carbons (Fsp3) is 0.733. The molecule has 98 valence electrons. The molecular formula is C15H27NO. The molecule has 0 saturated carbocycles. The van der Waals surface area contributed by atoms with Gasteiger partial charge in [0.1, 0.15) is 5.76 Å². The van der Waals surface area contributed by atoms with Crippen molar-refractivity contribution in [2.45, 2.75) is 47.1 Å². The maximum atomic E-state index is 5.44. The Labute approximate surface area is 106 Å². The van der Waals surface area contributed by atoms with Crippen LogP contribution in [0.3, 0.4) is 0 Å². The summed E-state index contributed by atoms with van der Waals surface area (Å²) in [5, 5.41) is 0. The Kier molecular flexibility index (Phi) is 4.42. The summed E-state index contributed by atoms with van der Waals surface area (Å²) in [7, 11) is 3.96. The first kappa shape index (κ1) is 14.3. The van der Waals surface area contributed by atoms with E-state index in [0.29, 0.717) is 6.04 Å². The fourth-order valence-corrected chi connectivity index (χ4v) is 2.59. The second-order valence-corrected chi connectivity index (χ2v) is 5.72. The van der Waals surface area contributed by atoms with Gasteiger partial charge in [-0.1, -0.05) is 12.5 Å². The van der Waals surface area contributed by atoms with Crippen molar-refractivity contribution in [2.24, 2.45) is 5.41 Å². The largest absolute Gasteiger partial charge is 0.497 e. The Bertz CT molecular complexity index is 339. The third-order valence-corrected chi connectivity index (χ3v) is 4.53. The molecule has 0 N–H and O–H groups in total. The smallest absolute Gasteiger partial charge is 0.117 e. The Balaban J connectivity index is 3.01. The van der Waals surface area contributed by atoms with Crippen LogP contribution < -0.4 is 0 Å². The molecule has 2 heteroatoms. The molecule has 0 aromatic rings. The number of hydrogen-bond acceptors (Lipinski definition) is 2. The molecule has 1 fully saturated rings. The molecule has 0 aromatic carbocycles. The molecule has 0 bridgehead atoms. The summed E-state index contributed by atoms with van der Waals surface area (Å²) in [5.74, 6) is 1.01. The van der Waals surface area contributed by atoms with Crippen LogP contribution in [-0.2, 0) is 4.74 Å². The summed E-state index contributed by atoms with van der Waals surface area (Å²) in [5.41, 5.74) is 2.93. The maximum Gasteiger partial charge on any atom is 0.117 e. The molecule has 2 nitrogen and oxygen atoms in total. The van der Waals surface area contributed by atoms with Crippen LogP contribution in [0.25, 0.3) is 0 Å². The second-order valence-electron chi connectivity index (χ2n) is 5.72. The predicted molar refractivity (Wildman–Crippen MR) is 74.0 cm³/mol. The van der Waals surface area contributed by atoms with Gasteiger partial charge in [0, 0.05) is 11.5 Å². The highest BCUT2D eigenvalue weighted by molar-refractivity contribution is 5.27. The van der Waals surface area contributed by atoms with Crippen LogP contribution in [-0.4, -0.2) is 31.6 Å². The zero-order valence-electron chi connectivity index (χ0n) is 12.4. The van der Waals surface area contributed by atoms with Crippen molar-refractivity contribution in [3.05, 3.63) is 23.0 Å². The maximum absolute atomic E-state index is 5.44. The number of ether oxygens (including phenoxy) is 1. The summed E-state index contributed by atoms with van der Waals surface area (Å²) in [4.78, 5) is 2.44. The lowest BCUT2D eigenvalue weighted by molar-refractivity contribution is 0.244. The van der Waals surface area contributed by atoms with E-state index < -0.39 is 0 Å². The molecule has 0 aromatic heterocycles. The first-order valence-corrected chi connectivity index (χ1v) is 6.43. The molecule has 17 heavy (non-hydrogen) atoms. The Hall–Kier alpha value is -0.760. The Morgan fingerprint density at radius 2 is 1.94 bits per heavy atom. The van der Waals surface area contributed by atoms with Crippen LogP contribution in [0.15, 0.2) is 23.0 Å². The highest BCUT2D eigenvalue weighted by atomic mass is 16.5. The van der Waals surface area contributed by atoms with Gasteiger partial charge in [0.25, 0.3) is 0 Å². The molecule has 0 aliphatic carbocycles. The number of methoxy groups -OCH3 is 1. The fourth-order valence-electron chi connectivity index (χ4n) is 2.59. The standard InChI is InChI=1S/C15H27NO/c1-11(2)14(17-7)10-12(3)15(5)8-9-16(6)13(15)4/h10,13H,8-9H2,1-7H3/b12-10+. The minimum atomic E-state index is 0.272. The molecular weight excluding hydrogens is 210 g/mol. The van der Waals surface area contributed by atoms with Gasteiger partial charge in [0.05, 0.1) is 7.11 Å². The Morgan fingerprint density at radius 1 is 1.35 bits per heavy atom. The van der Waals surface area contributed by atoms with Crippen LogP contribution in [0.4, 0.5) is 0 Å². The lowest BCUT2D eigenvalue weighted by Gasteiger charge is -2.32. The average molecular weight is 237 g/mol. The highest BCUT2D eigenvalue weighted by Crippen LogP contribution is 2.42. The third-order valence-electron chi connectivity index (χ3n) is 4.53. The van der Waals surface area contributed by atoms with E-state index in [1.807, 2.05) is 0 Å². The van der Waals surface area contributed by atoms with Gasteiger partial charge >= 0.3 is 0 Å². The summed E-state index contributed by atoms with van der Waals surface area (Å²) in [6.45, 7) is 12.3. The number of likely N-dealkylation sites (tertiary alicyclic amines) is 1. The van der Waals surface area contributed by atoms with Gasteiger partial charge in [-0.3, -0.25) is 0 Å². The van der Waals surface area contributed by atoms with E-state index in [0.717, 1.165) is 5.76 Å². The lowest BCUT2D eigenvalue weighted by atomic mass is 9.76. The number of nitrogens with zero attached hydrogens (tertiary/aromatic N) is 1. The summed E-state index contributed by atoms with van der Waals surface area (Å²) >= 11 is 0. The highest BCUT2D eigenvalue weighted by Gasteiger charge is 2.40. The first-order valence-electron chi connectivity index (χ1n) is 6.43. The van der Waals surface area contributed by atoms with Crippen LogP contribution >= 0.6 is 0 Å².